The van der Waals surface area contributed by atoms with Crippen molar-refractivity contribution in [1.82, 2.24) is 9.97 Å². The number of hydrogen-bond acceptors (Lipinski definition) is 5. The van der Waals surface area contributed by atoms with Gasteiger partial charge in [0, 0.05) is 23.1 Å². The molecule has 0 unspecified atom stereocenters. The van der Waals surface area contributed by atoms with E-state index < -0.39 is 16.9 Å². The molecule has 0 saturated heterocycles. The van der Waals surface area contributed by atoms with Crippen molar-refractivity contribution in [2.75, 3.05) is 0 Å². The molecule has 1 heterocycles. The first-order valence-corrected chi connectivity index (χ1v) is 6.49. The quantitative estimate of drug-likeness (QED) is 0.477. The Morgan fingerprint density at radius 1 is 1.19 bits per heavy atom. The predicted molar refractivity (Wildman–Crippen MR) is 69.3 cm³/mol. The van der Waals surface area contributed by atoms with Crippen molar-refractivity contribution >= 4 is 29.1 Å². The molecule has 110 valence electrons. The van der Waals surface area contributed by atoms with Crippen molar-refractivity contribution < 1.29 is 18.1 Å². The van der Waals surface area contributed by atoms with Crippen molar-refractivity contribution in [2.45, 2.75) is 16.1 Å². The van der Waals surface area contributed by atoms with Gasteiger partial charge in [-0.25, -0.2) is 9.97 Å². The van der Waals surface area contributed by atoms with Gasteiger partial charge in [-0.1, -0.05) is 23.4 Å². The zero-order valence-corrected chi connectivity index (χ0v) is 11.5. The summed E-state index contributed by atoms with van der Waals surface area (Å²) in [6, 6.07) is 6.49. The van der Waals surface area contributed by atoms with Crippen LogP contribution in [0.4, 0.5) is 18.9 Å². The molecule has 0 radical (unpaired) electrons. The van der Waals surface area contributed by atoms with Gasteiger partial charge in [-0.3, -0.25) is 10.1 Å². The van der Waals surface area contributed by atoms with E-state index in [2.05, 4.69) is 9.97 Å². The number of nitro benzene ring substituents is 1. The van der Waals surface area contributed by atoms with Crippen LogP contribution in [0.3, 0.4) is 0 Å². The first kappa shape index (κ1) is 15.5. The fourth-order valence-electron chi connectivity index (χ4n) is 1.33. The molecule has 0 aliphatic rings. The highest BCUT2D eigenvalue weighted by Gasteiger charge is 2.35. The van der Waals surface area contributed by atoms with Crippen LogP contribution in [0.1, 0.15) is 5.82 Å². The fraction of sp³-hybridized carbons (Fsp3) is 0.0909. The minimum Gasteiger partial charge on any atom is -0.258 e. The second-order valence-electron chi connectivity index (χ2n) is 3.70. The largest absolute Gasteiger partial charge is 0.451 e. The SMILES string of the molecule is O=[N+]([O-])c1ccc(Sc2cc(Cl)nc(C(F)(F)F)n2)cc1. The average Bonchev–Trinajstić information content (AvgIpc) is 2.37. The Morgan fingerprint density at radius 2 is 1.81 bits per heavy atom. The Balaban J connectivity index is 2.27. The molecular formula is C11H5ClF3N3O2S. The highest BCUT2D eigenvalue weighted by Crippen LogP contribution is 2.32. The van der Waals surface area contributed by atoms with Crippen LogP contribution in [0.25, 0.3) is 0 Å². The van der Waals surface area contributed by atoms with E-state index in [9.17, 15) is 23.3 Å². The number of benzene rings is 1. The van der Waals surface area contributed by atoms with Crippen LogP contribution < -0.4 is 0 Å². The number of alkyl halides is 3. The van der Waals surface area contributed by atoms with Crippen LogP contribution in [0.5, 0.6) is 0 Å². The van der Waals surface area contributed by atoms with E-state index >= 15 is 0 Å². The summed E-state index contributed by atoms with van der Waals surface area (Å²) < 4.78 is 37.7. The van der Waals surface area contributed by atoms with Gasteiger partial charge in [-0.2, -0.15) is 13.2 Å². The summed E-state index contributed by atoms with van der Waals surface area (Å²) in [6.07, 6.45) is -4.70. The number of aromatic nitrogens is 2. The zero-order chi connectivity index (χ0) is 15.6. The van der Waals surface area contributed by atoms with E-state index in [4.69, 9.17) is 11.6 Å². The van der Waals surface area contributed by atoms with Crippen LogP contribution in [-0.4, -0.2) is 14.9 Å². The average molecular weight is 336 g/mol. The van der Waals surface area contributed by atoms with Crippen LogP contribution in [0.15, 0.2) is 40.3 Å². The first-order valence-electron chi connectivity index (χ1n) is 5.30. The monoisotopic (exact) mass is 335 g/mol. The molecule has 0 fully saturated rings. The van der Waals surface area contributed by atoms with Gasteiger partial charge < -0.3 is 0 Å². The highest BCUT2D eigenvalue weighted by molar-refractivity contribution is 7.99. The van der Waals surface area contributed by atoms with Gasteiger partial charge in [-0.05, 0) is 12.1 Å². The lowest BCUT2D eigenvalue weighted by molar-refractivity contribution is -0.384. The second kappa shape index (κ2) is 5.86. The lowest BCUT2D eigenvalue weighted by Crippen LogP contribution is -2.11. The summed E-state index contributed by atoms with van der Waals surface area (Å²) >= 11 is 6.43. The molecule has 2 aromatic rings. The molecule has 0 saturated carbocycles. The minimum absolute atomic E-state index is 0.00354. The Bertz CT molecular complexity index is 679. The van der Waals surface area contributed by atoms with E-state index in [-0.39, 0.29) is 15.9 Å². The lowest BCUT2D eigenvalue weighted by atomic mass is 10.3. The molecule has 2 rings (SSSR count). The van der Waals surface area contributed by atoms with Crippen LogP contribution in [0, 0.1) is 10.1 Å². The van der Waals surface area contributed by atoms with Gasteiger partial charge in [0.25, 0.3) is 5.69 Å². The molecule has 0 spiro atoms. The normalized spacial score (nSPS) is 11.4. The minimum atomic E-state index is -4.70. The molecule has 1 aromatic heterocycles. The molecule has 0 amide bonds. The molecule has 0 bridgehead atoms. The third kappa shape index (κ3) is 4.05. The Hall–Kier alpha value is -1.87. The van der Waals surface area contributed by atoms with Gasteiger partial charge in [0.2, 0.25) is 5.82 Å². The van der Waals surface area contributed by atoms with Crippen molar-refractivity contribution in [3.05, 3.63) is 51.4 Å². The van der Waals surface area contributed by atoms with Crippen LogP contribution in [-0.2, 0) is 6.18 Å². The van der Waals surface area contributed by atoms with Gasteiger partial charge in [0.1, 0.15) is 10.2 Å². The molecule has 5 nitrogen and oxygen atoms in total. The summed E-state index contributed by atoms with van der Waals surface area (Å²) in [7, 11) is 0. The standard InChI is InChI=1S/C11H5ClF3N3O2S/c12-8-5-9(17-10(16-8)11(13,14)15)21-7-3-1-6(2-4-7)18(19)20/h1-5H. The Morgan fingerprint density at radius 3 is 2.33 bits per heavy atom. The van der Waals surface area contributed by atoms with Gasteiger partial charge in [0.15, 0.2) is 0 Å². The molecule has 0 aliphatic heterocycles. The summed E-state index contributed by atoms with van der Waals surface area (Å²) in [4.78, 5) is 16.9. The van der Waals surface area contributed by atoms with Crippen molar-refractivity contribution in [3.8, 4) is 0 Å². The number of hydrogen-bond donors (Lipinski definition) is 0. The fourth-order valence-corrected chi connectivity index (χ4v) is 2.40. The molecule has 10 heteroatoms. The number of nitro groups is 1. The van der Waals surface area contributed by atoms with Crippen molar-refractivity contribution in [3.63, 3.8) is 0 Å². The van der Waals surface area contributed by atoms with Crippen molar-refractivity contribution in [1.29, 1.82) is 0 Å². The molecule has 0 aliphatic carbocycles. The maximum atomic E-state index is 12.6. The third-order valence-corrected chi connectivity index (χ3v) is 3.31. The summed E-state index contributed by atoms with van der Waals surface area (Å²) in [5.74, 6) is -1.33. The predicted octanol–water partition coefficient (Wildman–Crippen LogP) is 4.21. The molecule has 1 aromatic carbocycles. The van der Waals surface area contributed by atoms with E-state index in [0.717, 1.165) is 11.8 Å². The van der Waals surface area contributed by atoms with Crippen LogP contribution >= 0.6 is 23.4 Å². The Kier molecular flexibility index (Phi) is 4.33. The highest BCUT2D eigenvalue weighted by atomic mass is 35.5. The second-order valence-corrected chi connectivity index (χ2v) is 5.18. The third-order valence-electron chi connectivity index (χ3n) is 2.19. The Labute approximate surface area is 125 Å². The maximum absolute atomic E-state index is 12.6. The topological polar surface area (TPSA) is 68.9 Å². The number of nitrogens with zero attached hydrogens (tertiary/aromatic N) is 3. The summed E-state index contributed by atoms with van der Waals surface area (Å²) in [5.41, 5.74) is -0.115. The lowest BCUT2D eigenvalue weighted by Gasteiger charge is -2.07. The van der Waals surface area contributed by atoms with Crippen LogP contribution in [0.2, 0.25) is 5.15 Å². The van der Waals surface area contributed by atoms with E-state index in [1.54, 1.807) is 0 Å². The number of rotatable bonds is 3. The van der Waals surface area contributed by atoms with Gasteiger partial charge >= 0.3 is 6.18 Å². The van der Waals surface area contributed by atoms with E-state index in [1.807, 2.05) is 0 Å². The summed E-state index contributed by atoms with van der Waals surface area (Å²) in [5, 5.41) is 10.2. The maximum Gasteiger partial charge on any atom is 0.451 e. The number of non-ortho nitro benzene ring substituents is 1. The van der Waals surface area contributed by atoms with Gasteiger partial charge in [-0.15, -0.1) is 0 Å². The zero-order valence-electron chi connectivity index (χ0n) is 9.96. The molecular weight excluding hydrogens is 331 g/mol. The summed E-state index contributed by atoms with van der Waals surface area (Å²) in [6.45, 7) is 0. The first-order chi connectivity index (χ1) is 9.75. The molecule has 0 atom stereocenters. The molecule has 0 N–H and O–H groups in total. The molecule has 21 heavy (non-hydrogen) atoms. The number of halogens is 4. The smallest absolute Gasteiger partial charge is 0.258 e. The van der Waals surface area contributed by atoms with E-state index in [1.165, 1.54) is 30.3 Å². The van der Waals surface area contributed by atoms with Gasteiger partial charge in [0.05, 0.1) is 4.92 Å². The van der Waals surface area contributed by atoms with Crippen molar-refractivity contribution in [2.24, 2.45) is 0 Å². The van der Waals surface area contributed by atoms with E-state index in [0.29, 0.717) is 4.90 Å².